The SMILES string of the molecule is CC(C)(C)NCC1CCC1N1CCc2ccccc2CC1. The third-order valence-electron chi connectivity index (χ3n) is 5.20. The minimum atomic E-state index is 0.245. The van der Waals surface area contributed by atoms with Crippen LogP contribution in [0.4, 0.5) is 0 Å². The highest BCUT2D eigenvalue weighted by molar-refractivity contribution is 5.28. The Morgan fingerprint density at radius 3 is 2.14 bits per heavy atom. The maximum atomic E-state index is 3.70. The Kier molecular flexibility index (Phi) is 4.37. The molecule has 0 radical (unpaired) electrons. The molecule has 0 bridgehead atoms. The third kappa shape index (κ3) is 3.67. The quantitative estimate of drug-likeness (QED) is 0.917. The number of nitrogens with zero attached hydrogens (tertiary/aromatic N) is 1. The second-order valence-corrected chi connectivity index (χ2v) is 7.84. The van der Waals surface area contributed by atoms with Crippen LogP contribution in [0.5, 0.6) is 0 Å². The summed E-state index contributed by atoms with van der Waals surface area (Å²) in [6.07, 6.45) is 5.25. The van der Waals surface area contributed by atoms with Crippen molar-refractivity contribution in [1.29, 1.82) is 0 Å². The molecule has 0 spiro atoms. The van der Waals surface area contributed by atoms with E-state index in [0.29, 0.717) is 0 Å². The Hall–Kier alpha value is -0.860. The van der Waals surface area contributed by atoms with E-state index >= 15 is 0 Å². The van der Waals surface area contributed by atoms with Gasteiger partial charge in [0.25, 0.3) is 0 Å². The summed E-state index contributed by atoms with van der Waals surface area (Å²) < 4.78 is 0. The fourth-order valence-electron chi connectivity index (χ4n) is 3.72. The van der Waals surface area contributed by atoms with Gasteiger partial charge in [-0.05, 0) is 70.0 Å². The van der Waals surface area contributed by atoms with E-state index in [9.17, 15) is 0 Å². The van der Waals surface area contributed by atoms with E-state index in [1.165, 1.54) is 45.3 Å². The van der Waals surface area contributed by atoms with Crippen molar-refractivity contribution in [2.75, 3.05) is 19.6 Å². The van der Waals surface area contributed by atoms with E-state index in [1.807, 2.05) is 0 Å². The first-order chi connectivity index (χ1) is 10.0. The van der Waals surface area contributed by atoms with Gasteiger partial charge in [0.2, 0.25) is 0 Å². The van der Waals surface area contributed by atoms with Crippen LogP contribution in [0.15, 0.2) is 24.3 Å². The molecule has 3 rings (SSSR count). The number of hydrogen-bond donors (Lipinski definition) is 1. The zero-order valence-electron chi connectivity index (χ0n) is 13.9. The van der Waals surface area contributed by atoms with E-state index in [4.69, 9.17) is 0 Å². The van der Waals surface area contributed by atoms with Crippen molar-refractivity contribution in [1.82, 2.24) is 10.2 Å². The zero-order valence-corrected chi connectivity index (χ0v) is 13.9. The number of fused-ring (bicyclic) bond motifs is 1. The Balaban J connectivity index is 1.56. The molecular formula is C19H30N2. The fourth-order valence-corrected chi connectivity index (χ4v) is 3.72. The Morgan fingerprint density at radius 2 is 1.67 bits per heavy atom. The topological polar surface area (TPSA) is 15.3 Å². The monoisotopic (exact) mass is 286 g/mol. The molecule has 2 heteroatoms. The van der Waals surface area contributed by atoms with Gasteiger partial charge in [0.15, 0.2) is 0 Å². The second kappa shape index (κ2) is 6.10. The first-order valence-corrected chi connectivity index (χ1v) is 8.59. The van der Waals surface area contributed by atoms with Crippen molar-refractivity contribution in [2.24, 2.45) is 5.92 Å². The summed E-state index contributed by atoms with van der Waals surface area (Å²) >= 11 is 0. The standard InChI is InChI=1S/C19H30N2/c1-19(2,3)20-14-17-8-9-18(17)21-12-10-15-6-4-5-7-16(15)11-13-21/h4-7,17-18,20H,8-14H2,1-3H3. The van der Waals surface area contributed by atoms with Crippen LogP contribution >= 0.6 is 0 Å². The highest BCUT2D eigenvalue weighted by Gasteiger charge is 2.36. The molecule has 1 aromatic carbocycles. The average Bonchev–Trinajstić information content (AvgIpc) is 2.60. The summed E-state index contributed by atoms with van der Waals surface area (Å²) in [5.41, 5.74) is 3.39. The van der Waals surface area contributed by atoms with Crippen molar-refractivity contribution in [3.8, 4) is 0 Å². The molecule has 21 heavy (non-hydrogen) atoms. The van der Waals surface area contributed by atoms with Crippen molar-refractivity contribution in [3.63, 3.8) is 0 Å². The normalized spacial score (nSPS) is 26.8. The van der Waals surface area contributed by atoms with E-state index < -0.39 is 0 Å². The predicted octanol–water partition coefficient (Wildman–Crippen LogP) is 3.25. The van der Waals surface area contributed by atoms with Crippen molar-refractivity contribution >= 4 is 0 Å². The molecule has 1 saturated carbocycles. The minimum absolute atomic E-state index is 0.245. The molecule has 2 aliphatic rings. The van der Waals surface area contributed by atoms with Gasteiger partial charge in [0.1, 0.15) is 0 Å². The average molecular weight is 286 g/mol. The molecular weight excluding hydrogens is 256 g/mol. The van der Waals surface area contributed by atoms with Gasteiger partial charge in [-0.3, -0.25) is 4.90 Å². The van der Waals surface area contributed by atoms with E-state index in [2.05, 4.69) is 55.3 Å². The molecule has 0 aromatic heterocycles. The van der Waals surface area contributed by atoms with Crippen LogP contribution < -0.4 is 5.32 Å². The van der Waals surface area contributed by atoms with Crippen LogP contribution in [0, 0.1) is 5.92 Å². The molecule has 1 aliphatic carbocycles. The number of hydrogen-bond acceptors (Lipinski definition) is 2. The maximum Gasteiger partial charge on any atom is 0.0136 e. The molecule has 1 fully saturated rings. The van der Waals surface area contributed by atoms with Crippen molar-refractivity contribution in [2.45, 2.75) is 58.0 Å². The van der Waals surface area contributed by atoms with Gasteiger partial charge in [-0.2, -0.15) is 0 Å². The number of benzene rings is 1. The Labute approximate surface area is 129 Å². The Morgan fingerprint density at radius 1 is 1.05 bits per heavy atom. The number of nitrogens with one attached hydrogen (secondary N) is 1. The molecule has 2 nitrogen and oxygen atoms in total. The maximum absolute atomic E-state index is 3.70. The largest absolute Gasteiger partial charge is 0.312 e. The summed E-state index contributed by atoms with van der Waals surface area (Å²) in [4.78, 5) is 2.76. The lowest BCUT2D eigenvalue weighted by Crippen LogP contribution is -2.53. The van der Waals surface area contributed by atoms with Crippen LogP contribution in [0.2, 0.25) is 0 Å². The highest BCUT2D eigenvalue weighted by atomic mass is 15.2. The summed E-state index contributed by atoms with van der Waals surface area (Å²) in [6, 6.07) is 9.83. The van der Waals surface area contributed by atoms with Crippen LogP contribution in [0.25, 0.3) is 0 Å². The molecule has 2 atom stereocenters. The third-order valence-corrected chi connectivity index (χ3v) is 5.20. The zero-order chi connectivity index (χ0) is 14.9. The predicted molar refractivity (Wildman–Crippen MR) is 89.7 cm³/mol. The van der Waals surface area contributed by atoms with Gasteiger partial charge in [-0.25, -0.2) is 0 Å². The number of rotatable bonds is 3. The van der Waals surface area contributed by atoms with Gasteiger partial charge in [0.05, 0.1) is 0 Å². The van der Waals surface area contributed by atoms with Gasteiger partial charge < -0.3 is 5.32 Å². The summed E-state index contributed by atoms with van der Waals surface area (Å²) in [5, 5.41) is 3.70. The summed E-state index contributed by atoms with van der Waals surface area (Å²) in [7, 11) is 0. The molecule has 0 saturated heterocycles. The van der Waals surface area contributed by atoms with Gasteiger partial charge in [0, 0.05) is 24.7 Å². The van der Waals surface area contributed by atoms with E-state index in [1.54, 1.807) is 11.1 Å². The summed E-state index contributed by atoms with van der Waals surface area (Å²) in [5.74, 6) is 0.852. The van der Waals surface area contributed by atoms with Crippen molar-refractivity contribution in [3.05, 3.63) is 35.4 Å². The summed E-state index contributed by atoms with van der Waals surface area (Å²) in [6.45, 7) is 10.5. The molecule has 116 valence electrons. The van der Waals surface area contributed by atoms with Gasteiger partial charge >= 0.3 is 0 Å². The molecule has 2 unspecified atom stereocenters. The van der Waals surface area contributed by atoms with Crippen LogP contribution in [-0.2, 0) is 12.8 Å². The fraction of sp³-hybridized carbons (Fsp3) is 0.684. The molecule has 1 aliphatic heterocycles. The van der Waals surface area contributed by atoms with Crippen molar-refractivity contribution < 1.29 is 0 Å². The molecule has 1 aromatic rings. The van der Waals surface area contributed by atoms with Gasteiger partial charge in [-0.1, -0.05) is 24.3 Å². The lowest BCUT2D eigenvalue weighted by molar-refractivity contribution is 0.0616. The molecule has 1 heterocycles. The van der Waals surface area contributed by atoms with Crippen LogP contribution in [-0.4, -0.2) is 36.1 Å². The smallest absolute Gasteiger partial charge is 0.0136 e. The van der Waals surface area contributed by atoms with E-state index in [0.717, 1.165) is 12.0 Å². The minimum Gasteiger partial charge on any atom is -0.312 e. The molecule has 1 N–H and O–H groups in total. The van der Waals surface area contributed by atoms with Gasteiger partial charge in [-0.15, -0.1) is 0 Å². The highest BCUT2D eigenvalue weighted by Crippen LogP contribution is 2.33. The molecule has 0 amide bonds. The first kappa shape index (κ1) is 15.1. The van der Waals surface area contributed by atoms with E-state index in [-0.39, 0.29) is 5.54 Å². The lowest BCUT2D eigenvalue weighted by Gasteiger charge is -2.45. The first-order valence-electron chi connectivity index (χ1n) is 8.59. The van der Waals surface area contributed by atoms with Crippen LogP contribution in [0.1, 0.15) is 44.7 Å². The second-order valence-electron chi connectivity index (χ2n) is 7.84. The lowest BCUT2D eigenvalue weighted by atomic mass is 9.78. The Bertz CT molecular complexity index is 448. The van der Waals surface area contributed by atoms with Crippen LogP contribution in [0.3, 0.4) is 0 Å².